The summed E-state index contributed by atoms with van der Waals surface area (Å²) in [6, 6.07) is 12.6. The third-order valence-electron chi connectivity index (χ3n) is 4.18. The van der Waals surface area contributed by atoms with E-state index < -0.39 is 0 Å². The minimum absolute atomic E-state index is 0.0591. The molecule has 0 aromatic heterocycles. The molecule has 0 saturated heterocycles. The molecule has 7 nitrogen and oxygen atoms in total. The van der Waals surface area contributed by atoms with E-state index in [-0.39, 0.29) is 11.8 Å². The first-order valence-corrected chi connectivity index (χ1v) is 8.97. The van der Waals surface area contributed by atoms with Crippen molar-refractivity contribution in [3.05, 3.63) is 53.6 Å². The van der Waals surface area contributed by atoms with Crippen LogP contribution in [0.2, 0.25) is 0 Å². The molecule has 0 fully saturated rings. The fourth-order valence-corrected chi connectivity index (χ4v) is 2.60. The standard InChI is InChI=1S/C21H26N2O5/c1-26-17-8-4-15(5-9-17)6-11-20(24)22-12-13-23-21(25)16-7-10-18(27-2)19(14-16)28-3/h4-5,7-10,14H,6,11-13H2,1-3H3,(H,22,24)(H,23,25). The van der Waals surface area contributed by atoms with E-state index >= 15 is 0 Å². The van der Waals surface area contributed by atoms with E-state index in [2.05, 4.69) is 10.6 Å². The van der Waals surface area contributed by atoms with Crippen LogP contribution in [-0.2, 0) is 11.2 Å². The van der Waals surface area contributed by atoms with Crippen molar-refractivity contribution in [1.82, 2.24) is 10.6 Å². The molecule has 0 heterocycles. The van der Waals surface area contributed by atoms with E-state index in [0.29, 0.717) is 43.0 Å². The molecule has 2 rings (SSSR count). The van der Waals surface area contributed by atoms with Crippen LogP contribution < -0.4 is 24.8 Å². The van der Waals surface area contributed by atoms with E-state index in [4.69, 9.17) is 14.2 Å². The average molecular weight is 386 g/mol. The van der Waals surface area contributed by atoms with Crippen LogP contribution in [0.4, 0.5) is 0 Å². The third kappa shape index (κ3) is 6.19. The summed E-state index contributed by atoms with van der Waals surface area (Å²) < 4.78 is 15.5. The Labute approximate surface area is 165 Å². The van der Waals surface area contributed by atoms with E-state index in [0.717, 1.165) is 11.3 Å². The molecule has 2 aromatic rings. The maximum absolute atomic E-state index is 12.2. The van der Waals surface area contributed by atoms with E-state index in [9.17, 15) is 9.59 Å². The fourth-order valence-electron chi connectivity index (χ4n) is 2.60. The van der Waals surface area contributed by atoms with Crippen LogP contribution in [0.15, 0.2) is 42.5 Å². The lowest BCUT2D eigenvalue weighted by Gasteiger charge is -2.10. The molecular formula is C21H26N2O5. The number of rotatable bonds is 10. The van der Waals surface area contributed by atoms with Gasteiger partial charge in [-0.1, -0.05) is 12.1 Å². The highest BCUT2D eigenvalue weighted by atomic mass is 16.5. The van der Waals surface area contributed by atoms with Crippen LogP contribution in [0.25, 0.3) is 0 Å². The average Bonchev–Trinajstić information content (AvgIpc) is 2.74. The Morgan fingerprint density at radius 2 is 1.50 bits per heavy atom. The van der Waals surface area contributed by atoms with Gasteiger partial charge in [-0.3, -0.25) is 9.59 Å². The molecule has 28 heavy (non-hydrogen) atoms. The number of ether oxygens (including phenoxy) is 3. The number of amides is 2. The first kappa shape index (κ1) is 21.1. The van der Waals surface area contributed by atoms with E-state index in [1.54, 1.807) is 25.3 Å². The van der Waals surface area contributed by atoms with Crippen molar-refractivity contribution in [2.75, 3.05) is 34.4 Å². The summed E-state index contributed by atoms with van der Waals surface area (Å²) in [7, 11) is 4.67. The van der Waals surface area contributed by atoms with Gasteiger partial charge in [-0.25, -0.2) is 0 Å². The molecule has 7 heteroatoms. The van der Waals surface area contributed by atoms with Gasteiger partial charge in [-0.2, -0.15) is 0 Å². The highest BCUT2D eigenvalue weighted by Gasteiger charge is 2.10. The summed E-state index contributed by atoms with van der Waals surface area (Å²) in [5.74, 6) is 1.54. The lowest BCUT2D eigenvalue weighted by atomic mass is 10.1. The highest BCUT2D eigenvalue weighted by molar-refractivity contribution is 5.94. The van der Waals surface area contributed by atoms with E-state index in [1.807, 2.05) is 24.3 Å². The minimum Gasteiger partial charge on any atom is -0.497 e. The molecule has 0 aliphatic rings. The molecule has 2 N–H and O–H groups in total. The Morgan fingerprint density at radius 3 is 2.14 bits per heavy atom. The third-order valence-corrected chi connectivity index (χ3v) is 4.18. The first-order valence-electron chi connectivity index (χ1n) is 8.97. The molecule has 0 spiro atoms. The van der Waals surface area contributed by atoms with Crippen molar-refractivity contribution < 1.29 is 23.8 Å². The topological polar surface area (TPSA) is 85.9 Å². The maximum Gasteiger partial charge on any atom is 0.251 e. The van der Waals surface area contributed by atoms with Crippen molar-refractivity contribution >= 4 is 11.8 Å². The van der Waals surface area contributed by atoms with Crippen LogP contribution in [0, 0.1) is 0 Å². The minimum atomic E-state index is -0.242. The molecule has 0 bridgehead atoms. The Kier molecular flexibility index (Phi) is 8.14. The van der Waals surface area contributed by atoms with Gasteiger partial charge < -0.3 is 24.8 Å². The zero-order valence-corrected chi connectivity index (χ0v) is 16.4. The molecule has 2 amide bonds. The number of hydrogen-bond acceptors (Lipinski definition) is 5. The summed E-state index contributed by atoms with van der Waals surface area (Å²) in [5, 5.41) is 5.57. The number of benzene rings is 2. The van der Waals surface area contributed by atoms with Gasteiger partial charge in [0.05, 0.1) is 21.3 Å². The quantitative estimate of drug-likeness (QED) is 0.612. The SMILES string of the molecule is COc1ccc(CCC(=O)NCCNC(=O)c2ccc(OC)c(OC)c2)cc1. The number of aryl methyl sites for hydroxylation is 1. The van der Waals surface area contributed by atoms with Crippen molar-refractivity contribution in [2.45, 2.75) is 12.8 Å². The second-order valence-electron chi connectivity index (χ2n) is 6.02. The van der Waals surface area contributed by atoms with Crippen LogP contribution in [0.1, 0.15) is 22.3 Å². The van der Waals surface area contributed by atoms with Gasteiger partial charge in [-0.15, -0.1) is 0 Å². The molecule has 0 aliphatic carbocycles. The van der Waals surface area contributed by atoms with Crippen molar-refractivity contribution in [3.63, 3.8) is 0 Å². The number of carbonyl (C=O) groups excluding carboxylic acids is 2. The lowest BCUT2D eigenvalue weighted by molar-refractivity contribution is -0.121. The van der Waals surface area contributed by atoms with Crippen LogP contribution in [0.5, 0.6) is 17.2 Å². The van der Waals surface area contributed by atoms with Gasteiger partial charge in [0.25, 0.3) is 5.91 Å². The highest BCUT2D eigenvalue weighted by Crippen LogP contribution is 2.27. The molecule has 0 aliphatic heterocycles. The zero-order chi connectivity index (χ0) is 20.4. The van der Waals surface area contributed by atoms with Gasteiger partial charge in [0, 0.05) is 25.1 Å². The molecule has 2 aromatic carbocycles. The van der Waals surface area contributed by atoms with E-state index in [1.165, 1.54) is 14.2 Å². The predicted octanol–water partition coefficient (Wildman–Crippen LogP) is 2.19. The summed E-state index contributed by atoms with van der Waals surface area (Å²) in [6.07, 6.45) is 1.03. The maximum atomic E-state index is 12.2. The van der Waals surface area contributed by atoms with Gasteiger partial charge in [-0.05, 0) is 42.3 Å². The van der Waals surface area contributed by atoms with Crippen LogP contribution >= 0.6 is 0 Å². The van der Waals surface area contributed by atoms with Crippen molar-refractivity contribution in [1.29, 1.82) is 0 Å². The first-order chi connectivity index (χ1) is 13.6. The molecule has 0 unspecified atom stereocenters. The van der Waals surface area contributed by atoms with Gasteiger partial charge in [0.15, 0.2) is 11.5 Å². The van der Waals surface area contributed by atoms with Gasteiger partial charge in [0.2, 0.25) is 5.91 Å². The smallest absolute Gasteiger partial charge is 0.251 e. The summed E-state index contributed by atoms with van der Waals surface area (Å²) in [5.41, 5.74) is 1.53. The summed E-state index contributed by atoms with van der Waals surface area (Å²) in [6.45, 7) is 0.696. The monoisotopic (exact) mass is 386 g/mol. The van der Waals surface area contributed by atoms with Crippen molar-refractivity contribution in [3.8, 4) is 17.2 Å². The molecule has 150 valence electrons. The fraction of sp³-hybridized carbons (Fsp3) is 0.333. The summed E-state index contributed by atoms with van der Waals surface area (Å²) >= 11 is 0. The summed E-state index contributed by atoms with van der Waals surface area (Å²) in [4.78, 5) is 24.1. The number of hydrogen-bond donors (Lipinski definition) is 2. The molecule has 0 radical (unpaired) electrons. The van der Waals surface area contributed by atoms with Crippen molar-refractivity contribution in [2.24, 2.45) is 0 Å². The number of nitrogens with one attached hydrogen (secondary N) is 2. The Hall–Kier alpha value is -3.22. The Bertz CT molecular complexity index is 790. The number of carbonyl (C=O) groups is 2. The van der Waals surface area contributed by atoms with Gasteiger partial charge >= 0.3 is 0 Å². The Morgan fingerprint density at radius 1 is 0.821 bits per heavy atom. The largest absolute Gasteiger partial charge is 0.497 e. The second-order valence-corrected chi connectivity index (χ2v) is 6.02. The predicted molar refractivity (Wildman–Crippen MR) is 106 cm³/mol. The number of methoxy groups -OCH3 is 3. The lowest BCUT2D eigenvalue weighted by Crippen LogP contribution is -2.34. The van der Waals surface area contributed by atoms with Crippen LogP contribution in [0.3, 0.4) is 0 Å². The second kappa shape index (κ2) is 10.8. The van der Waals surface area contributed by atoms with Gasteiger partial charge in [0.1, 0.15) is 5.75 Å². The molecular weight excluding hydrogens is 360 g/mol. The normalized spacial score (nSPS) is 10.1. The molecule has 0 atom stereocenters. The molecule has 0 saturated carbocycles. The zero-order valence-electron chi connectivity index (χ0n) is 16.4. The Balaban J connectivity index is 1.69. The van der Waals surface area contributed by atoms with Crippen LogP contribution in [-0.4, -0.2) is 46.2 Å².